The third-order valence-electron chi connectivity index (χ3n) is 3.34. The van der Waals surface area contributed by atoms with Crippen LogP contribution in [0, 0.1) is 0 Å². The molecule has 0 saturated carbocycles. The number of benzene rings is 1. The number of hydrogen-bond donors (Lipinski definition) is 2. The van der Waals surface area contributed by atoms with E-state index in [0.29, 0.717) is 11.7 Å². The van der Waals surface area contributed by atoms with E-state index >= 15 is 0 Å². The molecule has 1 unspecified atom stereocenters. The highest BCUT2D eigenvalue weighted by molar-refractivity contribution is 7.07. The van der Waals surface area contributed by atoms with Crippen molar-refractivity contribution in [3.8, 4) is 5.75 Å². The minimum Gasteiger partial charge on any atom is -0.484 e. The number of carbonyl (C=O) groups excluding carboxylic acids is 1. The smallest absolute Gasteiger partial charge is 0.258 e. The van der Waals surface area contributed by atoms with Gasteiger partial charge in [-0.3, -0.25) is 4.79 Å². The zero-order chi connectivity index (χ0) is 15.9. The molecule has 22 heavy (non-hydrogen) atoms. The number of ether oxygens (including phenoxy) is 1. The Balaban J connectivity index is 1.73. The summed E-state index contributed by atoms with van der Waals surface area (Å²) in [6.45, 7) is 4.38. The molecule has 0 aliphatic carbocycles. The molecular weight excluding hydrogens is 298 g/mol. The van der Waals surface area contributed by atoms with Crippen molar-refractivity contribution in [2.24, 2.45) is 0 Å². The minimum absolute atomic E-state index is 0.0582. The number of amides is 1. The number of nitrogens with one attached hydrogen (secondary N) is 1. The zero-order valence-electron chi connectivity index (χ0n) is 12.8. The molecule has 1 atom stereocenters. The molecule has 0 fully saturated rings. The molecule has 4 nitrogen and oxygen atoms in total. The topological polar surface area (TPSA) is 58.6 Å². The summed E-state index contributed by atoms with van der Waals surface area (Å²) in [7, 11) is 0. The van der Waals surface area contributed by atoms with Crippen LogP contribution in [0.4, 0.5) is 0 Å². The predicted molar refractivity (Wildman–Crippen MR) is 88.3 cm³/mol. The lowest BCUT2D eigenvalue weighted by molar-refractivity contribution is -0.123. The molecule has 0 bridgehead atoms. The monoisotopic (exact) mass is 319 g/mol. The van der Waals surface area contributed by atoms with Crippen LogP contribution in [0.25, 0.3) is 0 Å². The largest absolute Gasteiger partial charge is 0.484 e. The Morgan fingerprint density at radius 2 is 1.95 bits per heavy atom. The lowest BCUT2D eigenvalue weighted by Crippen LogP contribution is -2.32. The van der Waals surface area contributed by atoms with Crippen LogP contribution in [0.1, 0.15) is 37.0 Å². The van der Waals surface area contributed by atoms with Crippen molar-refractivity contribution in [2.45, 2.75) is 25.9 Å². The first-order valence-electron chi connectivity index (χ1n) is 7.26. The van der Waals surface area contributed by atoms with Crippen LogP contribution in [0.2, 0.25) is 0 Å². The number of thiophene rings is 1. The van der Waals surface area contributed by atoms with Gasteiger partial charge in [-0.25, -0.2) is 0 Å². The average Bonchev–Trinajstić information content (AvgIpc) is 3.05. The molecule has 1 heterocycles. The summed E-state index contributed by atoms with van der Waals surface area (Å²) in [6.07, 6.45) is -0.680. The predicted octanol–water partition coefficient (Wildman–Crippen LogP) is 3.10. The van der Waals surface area contributed by atoms with Gasteiger partial charge < -0.3 is 15.2 Å². The lowest BCUT2D eigenvalue weighted by Gasteiger charge is -2.12. The zero-order valence-corrected chi connectivity index (χ0v) is 13.6. The Morgan fingerprint density at radius 3 is 2.55 bits per heavy atom. The summed E-state index contributed by atoms with van der Waals surface area (Å²) in [5.74, 6) is 0.885. The number of aliphatic hydroxyl groups excluding tert-OH is 1. The molecule has 2 rings (SSSR count). The van der Waals surface area contributed by atoms with E-state index in [-0.39, 0.29) is 19.1 Å². The number of carbonyl (C=O) groups is 1. The van der Waals surface area contributed by atoms with E-state index in [0.717, 1.165) is 5.56 Å². The van der Waals surface area contributed by atoms with Crippen LogP contribution < -0.4 is 10.1 Å². The summed E-state index contributed by atoms with van der Waals surface area (Å²) in [5, 5.41) is 16.3. The summed E-state index contributed by atoms with van der Waals surface area (Å²) < 4.78 is 5.43. The van der Waals surface area contributed by atoms with Crippen LogP contribution in [-0.4, -0.2) is 24.2 Å². The molecule has 1 amide bonds. The van der Waals surface area contributed by atoms with E-state index in [1.54, 1.807) is 0 Å². The number of rotatable bonds is 7. The van der Waals surface area contributed by atoms with E-state index in [2.05, 4.69) is 19.2 Å². The second-order valence-electron chi connectivity index (χ2n) is 5.39. The van der Waals surface area contributed by atoms with Crippen molar-refractivity contribution in [2.75, 3.05) is 13.2 Å². The van der Waals surface area contributed by atoms with Crippen LogP contribution in [-0.2, 0) is 4.79 Å². The number of aliphatic hydroxyl groups is 1. The molecule has 2 aromatic rings. The molecular formula is C17H21NO3S. The highest BCUT2D eigenvalue weighted by atomic mass is 32.1. The van der Waals surface area contributed by atoms with E-state index < -0.39 is 6.10 Å². The van der Waals surface area contributed by atoms with Gasteiger partial charge in [0.2, 0.25) is 0 Å². The lowest BCUT2D eigenvalue weighted by atomic mass is 10.0. The summed E-state index contributed by atoms with van der Waals surface area (Å²) in [4.78, 5) is 11.7. The first-order valence-corrected chi connectivity index (χ1v) is 8.20. The van der Waals surface area contributed by atoms with E-state index in [1.165, 1.54) is 16.9 Å². The van der Waals surface area contributed by atoms with Gasteiger partial charge in [0.15, 0.2) is 6.61 Å². The maximum Gasteiger partial charge on any atom is 0.258 e. The fourth-order valence-corrected chi connectivity index (χ4v) is 2.65. The average molecular weight is 319 g/mol. The molecule has 0 saturated heterocycles. The van der Waals surface area contributed by atoms with Crippen LogP contribution in [0.5, 0.6) is 5.75 Å². The first-order chi connectivity index (χ1) is 10.6. The second kappa shape index (κ2) is 7.96. The van der Waals surface area contributed by atoms with Gasteiger partial charge in [0.25, 0.3) is 5.91 Å². The Hall–Kier alpha value is -1.85. The van der Waals surface area contributed by atoms with Crippen molar-refractivity contribution in [1.82, 2.24) is 5.32 Å². The maximum atomic E-state index is 11.7. The van der Waals surface area contributed by atoms with Crippen molar-refractivity contribution >= 4 is 17.2 Å². The van der Waals surface area contributed by atoms with E-state index in [4.69, 9.17) is 4.74 Å². The molecule has 0 aliphatic rings. The molecule has 0 radical (unpaired) electrons. The minimum atomic E-state index is -0.680. The Bertz CT molecular complexity index is 578. The maximum absolute atomic E-state index is 11.7. The van der Waals surface area contributed by atoms with Gasteiger partial charge in [-0.2, -0.15) is 11.3 Å². The Labute approximate surface area is 134 Å². The quantitative estimate of drug-likeness (QED) is 0.824. The third-order valence-corrected chi connectivity index (χ3v) is 4.04. The molecule has 1 aromatic carbocycles. The van der Waals surface area contributed by atoms with Crippen molar-refractivity contribution < 1.29 is 14.6 Å². The molecule has 0 spiro atoms. The van der Waals surface area contributed by atoms with Crippen molar-refractivity contribution in [1.29, 1.82) is 0 Å². The van der Waals surface area contributed by atoms with Crippen LogP contribution in [0.15, 0.2) is 41.1 Å². The van der Waals surface area contributed by atoms with Gasteiger partial charge in [-0.1, -0.05) is 26.0 Å². The van der Waals surface area contributed by atoms with Gasteiger partial charge in [0.1, 0.15) is 5.75 Å². The Morgan fingerprint density at radius 1 is 1.23 bits per heavy atom. The fourth-order valence-electron chi connectivity index (χ4n) is 1.94. The summed E-state index contributed by atoms with van der Waals surface area (Å²) in [5.41, 5.74) is 2.05. The fraction of sp³-hybridized carbons (Fsp3) is 0.353. The second-order valence-corrected chi connectivity index (χ2v) is 6.17. The first kappa shape index (κ1) is 16.5. The summed E-state index contributed by atoms with van der Waals surface area (Å²) in [6, 6.07) is 9.57. The highest BCUT2D eigenvalue weighted by Gasteiger charge is 2.10. The standard InChI is InChI=1S/C17H21NO3S/c1-12(2)13-3-5-15(6-4-13)21-10-17(20)18-9-16(19)14-7-8-22-11-14/h3-8,11-12,16,19H,9-10H2,1-2H3,(H,18,20). The Kier molecular flexibility index (Phi) is 5.98. The highest BCUT2D eigenvalue weighted by Crippen LogP contribution is 2.18. The molecule has 0 aliphatic heterocycles. The molecule has 118 valence electrons. The number of hydrogen-bond acceptors (Lipinski definition) is 4. The van der Waals surface area contributed by atoms with Gasteiger partial charge >= 0.3 is 0 Å². The normalized spacial score (nSPS) is 12.2. The molecule has 1 aromatic heterocycles. The molecule has 5 heteroatoms. The van der Waals surface area contributed by atoms with Crippen molar-refractivity contribution in [3.05, 3.63) is 52.2 Å². The third kappa shape index (κ3) is 4.86. The van der Waals surface area contributed by atoms with Gasteiger partial charge in [0, 0.05) is 6.54 Å². The van der Waals surface area contributed by atoms with E-state index in [1.807, 2.05) is 41.1 Å². The van der Waals surface area contributed by atoms with Crippen molar-refractivity contribution in [3.63, 3.8) is 0 Å². The van der Waals surface area contributed by atoms with Crippen LogP contribution >= 0.6 is 11.3 Å². The van der Waals surface area contributed by atoms with Gasteiger partial charge in [-0.05, 0) is 46.0 Å². The van der Waals surface area contributed by atoms with Gasteiger partial charge in [0.05, 0.1) is 6.10 Å². The van der Waals surface area contributed by atoms with Crippen LogP contribution in [0.3, 0.4) is 0 Å². The van der Waals surface area contributed by atoms with Gasteiger partial charge in [-0.15, -0.1) is 0 Å². The summed E-state index contributed by atoms with van der Waals surface area (Å²) >= 11 is 1.52. The molecule has 2 N–H and O–H groups in total. The van der Waals surface area contributed by atoms with E-state index in [9.17, 15) is 9.90 Å². The SMILES string of the molecule is CC(C)c1ccc(OCC(=O)NCC(O)c2ccsc2)cc1.